The molecule has 0 amide bonds. The van der Waals surface area contributed by atoms with Gasteiger partial charge in [0.05, 0.1) is 12.0 Å². The zero-order valence-electron chi connectivity index (χ0n) is 19.0. The molecule has 1 aromatic rings. The molecule has 1 aromatic carbocycles. The molecule has 2 aliphatic carbocycles. The number of esters is 1. The van der Waals surface area contributed by atoms with Crippen molar-refractivity contribution in [2.24, 2.45) is 23.2 Å². The summed E-state index contributed by atoms with van der Waals surface area (Å²) in [5, 5.41) is 0. The van der Waals surface area contributed by atoms with E-state index >= 15 is 0 Å². The summed E-state index contributed by atoms with van der Waals surface area (Å²) < 4.78 is 12.6. The van der Waals surface area contributed by atoms with E-state index in [1.165, 1.54) is 24.8 Å². The van der Waals surface area contributed by atoms with E-state index in [0.29, 0.717) is 5.92 Å². The average Bonchev–Trinajstić information content (AvgIpc) is 3.45. The molecule has 3 saturated heterocycles. The number of nitrogens with zero attached hydrogens (tertiary/aromatic N) is 2. The lowest BCUT2D eigenvalue weighted by Crippen LogP contribution is -2.55. The van der Waals surface area contributed by atoms with Crippen molar-refractivity contribution >= 4 is 5.97 Å². The molecule has 5 nitrogen and oxygen atoms in total. The number of rotatable bonds is 4. The van der Waals surface area contributed by atoms with Crippen molar-refractivity contribution in [3.05, 3.63) is 35.9 Å². The Labute approximate surface area is 186 Å². The van der Waals surface area contributed by atoms with Crippen molar-refractivity contribution in [1.82, 2.24) is 9.80 Å². The average molecular weight is 425 g/mol. The fourth-order valence-electron chi connectivity index (χ4n) is 7.69. The van der Waals surface area contributed by atoms with Crippen LogP contribution in [0.1, 0.15) is 45.1 Å². The summed E-state index contributed by atoms with van der Waals surface area (Å²) in [5.74, 6) is 0.856. The second-order valence-corrected chi connectivity index (χ2v) is 11.1. The highest BCUT2D eigenvalue weighted by atomic mass is 16.6. The van der Waals surface area contributed by atoms with Gasteiger partial charge in [-0.15, -0.1) is 0 Å². The Kier molecular flexibility index (Phi) is 4.75. The quantitative estimate of drug-likeness (QED) is 0.548. The van der Waals surface area contributed by atoms with Crippen LogP contribution >= 0.6 is 0 Å². The van der Waals surface area contributed by atoms with E-state index < -0.39 is 0 Å². The van der Waals surface area contributed by atoms with Crippen molar-refractivity contribution in [2.45, 2.75) is 63.9 Å². The Morgan fingerprint density at radius 1 is 1.10 bits per heavy atom. The van der Waals surface area contributed by atoms with Crippen LogP contribution in [-0.2, 0) is 20.8 Å². The van der Waals surface area contributed by atoms with Crippen LogP contribution in [0.4, 0.5) is 0 Å². The molecule has 5 aliphatic rings. The first-order chi connectivity index (χ1) is 15.0. The van der Waals surface area contributed by atoms with Crippen LogP contribution in [-0.4, -0.2) is 66.3 Å². The predicted molar refractivity (Wildman–Crippen MR) is 118 cm³/mol. The molecule has 3 aliphatic heterocycles. The topological polar surface area (TPSA) is 45.3 Å². The summed E-state index contributed by atoms with van der Waals surface area (Å²) in [6.07, 6.45) is 5.02. The Bertz CT molecular complexity index is 838. The monoisotopic (exact) mass is 424 g/mol. The van der Waals surface area contributed by atoms with Gasteiger partial charge in [-0.25, -0.2) is 0 Å². The minimum absolute atomic E-state index is 0.00697. The number of carbonyl (C=O) groups is 1. The number of hydrogen-bond acceptors (Lipinski definition) is 5. The van der Waals surface area contributed by atoms with Crippen molar-refractivity contribution in [3.8, 4) is 0 Å². The normalized spacial score (nSPS) is 44.8. The number of benzene rings is 1. The zero-order valence-corrected chi connectivity index (χ0v) is 19.0. The maximum atomic E-state index is 13.0. The molecule has 7 atom stereocenters. The van der Waals surface area contributed by atoms with Crippen LogP contribution < -0.4 is 0 Å². The Balaban J connectivity index is 1.11. The van der Waals surface area contributed by atoms with Gasteiger partial charge in [-0.1, -0.05) is 50.6 Å². The van der Waals surface area contributed by atoms with Gasteiger partial charge in [0, 0.05) is 50.6 Å². The number of ether oxygens (including phenoxy) is 2. The van der Waals surface area contributed by atoms with Crippen LogP contribution in [0, 0.1) is 23.2 Å². The van der Waals surface area contributed by atoms with Gasteiger partial charge in [0.15, 0.2) is 0 Å². The second kappa shape index (κ2) is 7.29. The van der Waals surface area contributed by atoms with E-state index in [0.717, 1.165) is 45.7 Å². The van der Waals surface area contributed by atoms with Gasteiger partial charge < -0.3 is 9.47 Å². The Hall–Kier alpha value is -1.43. The molecule has 3 heterocycles. The third kappa shape index (κ3) is 3.11. The van der Waals surface area contributed by atoms with Gasteiger partial charge in [-0.2, -0.15) is 0 Å². The highest BCUT2D eigenvalue weighted by Crippen LogP contribution is 2.70. The number of carbonyl (C=O) groups excluding carboxylic acids is 1. The minimum Gasteiger partial charge on any atom is -0.462 e. The largest absolute Gasteiger partial charge is 0.462 e. The molecule has 2 saturated carbocycles. The van der Waals surface area contributed by atoms with E-state index in [2.05, 4.69) is 54.0 Å². The van der Waals surface area contributed by atoms with Gasteiger partial charge in [0.25, 0.3) is 0 Å². The van der Waals surface area contributed by atoms with Crippen LogP contribution in [0.15, 0.2) is 30.3 Å². The first-order valence-electron chi connectivity index (χ1n) is 12.4. The molecular weight excluding hydrogens is 388 g/mol. The number of fused-ring (bicyclic) bond motifs is 2. The summed E-state index contributed by atoms with van der Waals surface area (Å²) in [5.41, 5.74) is 1.56. The molecule has 31 heavy (non-hydrogen) atoms. The summed E-state index contributed by atoms with van der Waals surface area (Å²) in [7, 11) is 0. The minimum atomic E-state index is -0.0197. The van der Waals surface area contributed by atoms with Gasteiger partial charge in [-0.05, 0) is 30.7 Å². The fraction of sp³-hybridized carbons (Fsp3) is 0.731. The predicted octanol–water partition coefficient (Wildman–Crippen LogP) is 3.33. The highest BCUT2D eigenvalue weighted by Gasteiger charge is 2.78. The van der Waals surface area contributed by atoms with E-state index in [4.69, 9.17) is 9.47 Å². The maximum absolute atomic E-state index is 13.0. The standard InChI is InChI=1S/C26H36N2O3/c1-18-7-6-10-25(2)15-21-22(23-26(18,25)31-23)20(24(29)30-21)17-28-13-11-27(12-14-28)16-19-8-4-3-5-9-19/h3-5,8-9,18,20-23H,6-7,10-17H2,1-2H3/t18-,20?,21+,22+,23?,25+,26?/m0/s1. The van der Waals surface area contributed by atoms with Crippen molar-refractivity contribution in [1.29, 1.82) is 0 Å². The fourth-order valence-corrected chi connectivity index (χ4v) is 7.69. The molecule has 168 valence electrons. The van der Waals surface area contributed by atoms with Crippen molar-refractivity contribution in [2.75, 3.05) is 32.7 Å². The molecule has 0 N–H and O–H groups in total. The first-order valence-corrected chi connectivity index (χ1v) is 12.4. The van der Waals surface area contributed by atoms with Crippen molar-refractivity contribution < 1.29 is 14.3 Å². The number of piperazine rings is 1. The van der Waals surface area contributed by atoms with Gasteiger partial charge in [-0.3, -0.25) is 14.6 Å². The van der Waals surface area contributed by atoms with Crippen LogP contribution in [0.25, 0.3) is 0 Å². The van der Waals surface area contributed by atoms with Crippen LogP contribution in [0.2, 0.25) is 0 Å². The smallest absolute Gasteiger partial charge is 0.311 e. The van der Waals surface area contributed by atoms with Crippen LogP contribution in [0.5, 0.6) is 0 Å². The summed E-state index contributed by atoms with van der Waals surface area (Å²) in [6.45, 7) is 10.8. The third-order valence-electron chi connectivity index (χ3n) is 9.36. The molecule has 6 rings (SSSR count). The lowest BCUT2D eigenvalue weighted by Gasteiger charge is -2.49. The molecule has 5 heteroatoms. The SMILES string of the molecule is C[C@H]1CCC[C@]2(C)C[C@H]3OC(=O)C(CN4CCN(Cc5ccccc5)CC4)[C@H]3C3OC312. The van der Waals surface area contributed by atoms with Gasteiger partial charge in [0.1, 0.15) is 11.7 Å². The number of epoxide rings is 1. The van der Waals surface area contributed by atoms with E-state index in [1.54, 1.807) is 0 Å². The number of hydrogen-bond donors (Lipinski definition) is 0. The highest BCUT2D eigenvalue weighted by molar-refractivity contribution is 5.76. The first kappa shape index (κ1) is 20.2. The molecule has 0 bridgehead atoms. The summed E-state index contributed by atoms with van der Waals surface area (Å²) in [4.78, 5) is 18.0. The maximum Gasteiger partial charge on any atom is 0.311 e. The van der Waals surface area contributed by atoms with E-state index in [1.807, 2.05) is 0 Å². The lowest BCUT2D eigenvalue weighted by atomic mass is 9.53. The molecule has 0 radical (unpaired) electrons. The Morgan fingerprint density at radius 2 is 1.84 bits per heavy atom. The van der Waals surface area contributed by atoms with Crippen LogP contribution in [0.3, 0.4) is 0 Å². The summed E-state index contributed by atoms with van der Waals surface area (Å²) in [6, 6.07) is 10.7. The molecular formula is C26H36N2O3. The molecule has 3 unspecified atom stereocenters. The third-order valence-corrected chi connectivity index (χ3v) is 9.36. The zero-order chi connectivity index (χ0) is 21.2. The molecule has 5 fully saturated rings. The second-order valence-electron chi connectivity index (χ2n) is 11.1. The summed E-state index contributed by atoms with van der Waals surface area (Å²) >= 11 is 0. The molecule has 1 spiro atoms. The Morgan fingerprint density at radius 3 is 2.61 bits per heavy atom. The van der Waals surface area contributed by atoms with Gasteiger partial charge in [0.2, 0.25) is 0 Å². The lowest BCUT2D eigenvalue weighted by molar-refractivity contribution is -0.146. The van der Waals surface area contributed by atoms with E-state index in [-0.39, 0.29) is 41.0 Å². The van der Waals surface area contributed by atoms with Gasteiger partial charge >= 0.3 is 5.97 Å². The van der Waals surface area contributed by atoms with Crippen molar-refractivity contribution in [3.63, 3.8) is 0 Å². The molecule has 0 aromatic heterocycles. The van der Waals surface area contributed by atoms with E-state index in [9.17, 15) is 4.79 Å².